The van der Waals surface area contributed by atoms with Crippen molar-refractivity contribution in [3.05, 3.63) is 78.3 Å². The van der Waals surface area contributed by atoms with E-state index in [1.807, 2.05) is 61.5 Å². The zero-order chi connectivity index (χ0) is 22.9. The van der Waals surface area contributed by atoms with Crippen LogP contribution in [0.15, 0.2) is 65.8 Å². The molecule has 0 aliphatic rings. The molecule has 1 aromatic carbocycles. The van der Waals surface area contributed by atoms with Crippen LogP contribution in [0.3, 0.4) is 0 Å². The first-order chi connectivity index (χ1) is 16.0. The first-order valence-corrected chi connectivity index (χ1v) is 11.1. The van der Waals surface area contributed by atoms with Crippen molar-refractivity contribution in [1.29, 1.82) is 0 Å². The summed E-state index contributed by atoms with van der Waals surface area (Å²) >= 11 is 0. The molecule has 0 aliphatic carbocycles. The Kier molecular flexibility index (Phi) is 5.38. The van der Waals surface area contributed by atoms with Gasteiger partial charge >= 0.3 is 0 Å². The quantitative estimate of drug-likeness (QED) is 0.352. The monoisotopic (exact) mass is 438 g/mol. The largest absolute Gasteiger partial charge is 0.464 e. The van der Waals surface area contributed by atoms with Crippen LogP contribution >= 0.6 is 0 Å². The molecule has 0 spiro atoms. The number of anilines is 1. The van der Waals surface area contributed by atoms with E-state index in [1.165, 1.54) is 0 Å². The molecular weight excluding hydrogens is 412 g/mol. The van der Waals surface area contributed by atoms with E-state index in [-0.39, 0.29) is 6.04 Å². The Morgan fingerprint density at radius 1 is 1.00 bits per heavy atom. The zero-order valence-electron chi connectivity index (χ0n) is 19.2. The maximum absolute atomic E-state index is 5.58. The first-order valence-electron chi connectivity index (χ1n) is 11.1. The van der Waals surface area contributed by atoms with E-state index >= 15 is 0 Å². The number of aryl methyl sites for hydroxylation is 3. The Balaban J connectivity index is 1.41. The highest BCUT2D eigenvalue weighted by molar-refractivity contribution is 5.85. The lowest BCUT2D eigenvalue weighted by Crippen LogP contribution is -2.09. The van der Waals surface area contributed by atoms with E-state index in [1.54, 1.807) is 6.26 Å². The molecule has 0 amide bonds. The third-order valence-electron chi connectivity index (χ3n) is 5.82. The molecule has 5 aromatic rings. The molecule has 166 valence electrons. The summed E-state index contributed by atoms with van der Waals surface area (Å²) in [5, 5.41) is 8.99. The molecule has 0 saturated heterocycles. The number of furan rings is 1. The molecule has 5 rings (SSSR count). The highest BCUT2D eigenvalue weighted by Gasteiger charge is 2.12. The van der Waals surface area contributed by atoms with Gasteiger partial charge in [-0.2, -0.15) is 5.10 Å². The third-order valence-corrected chi connectivity index (χ3v) is 5.82. The number of aromatic nitrogens is 5. The summed E-state index contributed by atoms with van der Waals surface area (Å²) in [5.41, 5.74) is 7.08. The van der Waals surface area contributed by atoms with Crippen LogP contribution in [0, 0.1) is 13.8 Å². The molecule has 7 nitrogen and oxygen atoms in total. The van der Waals surface area contributed by atoms with Crippen LogP contribution in [0.4, 0.5) is 5.82 Å². The summed E-state index contributed by atoms with van der Waals surface area (Å²) in [4.78, 5) is 13.7. The lowest BCUT2D eigenvalue weighted by molar-refractivity contribution is 0.613. The fourth-order valence-electron chi connectivity index (χ4n) is 3.95. The minimum absolute atomic E-state index is 0.0134. The van der Waals surface area contributed by atoms with Gasteiger partial charge in [-0.15, -0.1) is 0 Å². The van der Waals surface area contributed by atoms with E-state index in [9.17, 15) is 0 Å². The van der Waals surface area contributed by atoms with Crippen molar-refractivity contribution in [3.63, 3.8) is 0 Å². The number of rotatable bonds is 6. The summed E-state index contributed by atoms with van der Waals surface area (Å²) in [5.74, 6) is 1.49. The van der Waals surface area contributed by atoms with Crippen LogP contribution in [0.1, 0.15) is 36.8 Å². The zero-order valence-corrected chi connectivity index (χ0v) is 19.2. The van der Waals surface area contributed by atoms with E-state index in [2.05, 4.69) is 51.3 Å². The van der Waals surface area contributed by atoms with Crippen molar-refractivity contribution in [1.82, 2.24) is 24.7 Å². The van der Waals surface area contributed by atoms with Gasteiger partial charge in [0.2, 0.25) is 0 Å². The molecular formula is C26H26N6O. The Hall–Kier alpha value is -4.00. The number of benzene rings is 1. The Morgan fingerprint density at radius 2 is 1.88 bits per heavy atom. The SMILES string of the molecule is CCn1cc(-c2cncc(C(C)Nc3cc(-c4ccc5occ(C)c5c4)nc(C)n3)c2)cn1. The minimum atomic E-state index is 0.0134. The number of nitrogens with zero attached hydrogens (tertiary/aromatic N) is 5. The molecule has 0 aliphatic heterocycles. The molecule has 1 atom stereocenters. The van der Waals surface area contributed by atoms with Gasteiger partial charge in [0.25, 0.3) is 0 Å². The van der Waals surface area contributed by atoms with Gasteiger partial charge in [0, 0.05) is 53.3 Å². The molecule has 4 aromatic heterocycles. The van der Waals surface area contributed by atoms with Crippen LogP contribution in [0.2, 0.25) is 0 Å². The standard InChI is InChI=1S/C26H26N6O/c1-5-32-14-22(13-28-32)21-8-20(11-27-12-21)17(3)29-26-10-24(30-18(4)31-26)19-6-7-25-23(9-19)16(2)15-33-25/h6-15,17H,5H2,1-4H3,(H,29,30,31). The van der Waals surface area contributed by atoms with Crippen molar-refractivity contribution >= 4 is 16.8 Å². The van der Waals surface area contributed by atoms with Crippen molar-refractivity contribution in [2.45, 2.75) is 40.3 Å². The Bertz CT molecular complexity index is 1430. The second-order valence-corrected chi connectivity index (χ2v) is 8.27. The predicted octanol–water partition coefficient (Wildman–Crippen LogP) is 5.96. The van der Waals surface area contributed by atoms with Crippen molar-refractivity contribution in [2.75, 3.05) is 5.32 Å². The Labute approximate surface area is 192 Å². The fraction of sp³-hybridized carbons (Fsp3) is 0.231. The molecule has 0 saturated carbocycles. The molecule has 1 N–H and O–H groups in total. The number of hydrogen-bond donors (Lipinski definition) is 1. The minimum Gasteiger partial charge on any atom is -0.464 e. The van der Waals surface area contributed by atoms with Crippen LogP contribution in [-0.4, -0.2) is 24.7 Å². The second-order valence-electron chi connectivity index (χ2n) is 8.27. The van der Waals surface area contributed by atoms with Gasteiger partial charge in [-0.25, -0.2) is 9.97 Å². The summed E-state index contributed by atoms with van der Waals surface area (Å²) in [6.45, 7) is 8.98. The highest BCUT2D eigenvalue weighted by atomic mass is 16.3. The first kappa shape index (κ1) is 20.9. The summed E-state index contributed by atoms with van der Waals surface area (Å²) < 4.78 is 7.50. The van der Waals surface area contributed by atoms with E-state index in [4.69, 9.17) is 4.42 Å². The summed E-state index contributed by atoms with van der Waals surface area (Å²) in [6.07, 6.45) is 9.45. The van der Waals surface area contributed by atoms with Crippen LogP contribution in [0.25, 0.3) is 33.4 Å². The van der Waals surface area contributed by atoms with Crippen LogP contribution in [-0.2, 0) is 6.54 Å². The maximum atomic E-state index is 5.58. The molecule has 0 bridgehead atoms. The molecule has 0 fully saturated rings. The average molecular weight is 439 g/mol. The van der Waals surface area contributed by atoms with Gasteiger partial charge in [-0.3, -0.25) is 9.67 Å². The highest BCUT2D eigenvalue weighted by Crippen LogP contribution is 2.29. The number of nitrogens with one attached hydrogen (secondary N) is 1. The van der Waals surface area contributed by atoms with Gasteiger partial charge in [0.1, 0.15) is 17.2 Å². The smallest absolute Gasteiger partial charge is 0.134 e. The third kappa shape index (κ3) is 4.22. The summed E-state index contributed by atoms with van der Waals surface area (Å²) in [7, 11) is 0. The van der Waals surface area contributed by atoms with Gasteiger partial charge in [0.15, 0.2) is 0 Å². The molecule has 7 heteroatoms. The van der Waals surface area contributed by atoms with Crippen molar-refractivity contribution < 1.29 is 4.42 Å². The Morgan fingerprint density at radius 3 is 2.70 bits per heavy atom. The van der Waals surface area contributed by atoms with Gasteiger partial charge in [-0.1, -0.05) is 0 Å². The van der Waals surface area contributed by atoms with Crippen LogP contribution in [0.5, 0.6) is 0 Å². The molecule has 0 radical (unpaired) electrons. The number of hydrogen-bond acceptors (Lipinski definition) is 6. The predicted molar refractivity (Wildman–Crippen MR) is 130 cm³/mol. The van der Waals surface area contributed by atoms with E-state index in [0.717, 1.165) is 56.8 Å². The summed E-state index contributed by atoms with van der Waals surface area (Å²) in [6, 6.07) is 10.3. The topological polar surface area (TPSA) is 81.7 Å². The lowest BCUT2D eigenvalue weighted by atomic mass is 10.1. The van der Waals surface area contributed by atoms with Gasteiger partial charge < -0.3 is 9.73 Å². The molecule has 33 heavy (non-hydrogen) atoms. The lowest BCUT2D eigenvalue weighted by Gasteiger charge is -2.16. The van der Waals surface area contributed by atoms with E-state index in [0.29, 0.717) is 5.82 Å². The van der Waals surface area contributed by atoms with Crippen molar-refractivity contribution in [3.8, 4) is 22.4 Å². The second kappa shape index (κ2) is 8.50. The van der Waals surface area contributed by atoms with Crippen molar-refractivity contribution in [2.24, 2.45) is 0 Å². The molecule has 4 heterocycles. The van der Waals surface area contributed by atoms with E-state index < -0.39 is 0 Å². The van der Waals surface area contributed by atoms with Crippen LogP contribution < -0.4 is 5.32 Å². The average Bonchev–Trinajstić information content (AvgIpc) is 3.45. The number of pyridine rings is 1. The normalized spacial score (nSPS) is 12.2. The maximum Gasteiger partial charge on any atom is 0.134 e. The van der Waals surface area contributed by atoms with Gasteiger partial charge in [0.05, 0.1) is 24.2 Å². The fourth-order valence-corrected chi connectivity index (χ4v) is 3.95. The number of fused-ring (bicyclic) bond motifs is 1. The molecule has 1 unspecified atom stereocenters. The van der Waals surface area contributed by atoms with Gasteiger partial charge in [-0.05, 0) is 63.1 Å².